The molecule has 1 aromatic carbocycles. The Hall–Kier alpha value is -0.250. The molecule has 1 aromatic rings. The van der Waals surface area contributed by atoms with E-state index in [1.165, 1.54) is 19.3 Å². The zero-order chi connectivity index (χ0) is 12.4. The normalized spacial score (nSPS) is 17.6. The van der Waals surface area contributed by atoms with Gasteiger partial charge in [-0.1, -0.05) is 30.9 Å². The van der Waals surface area contributed by atoms with Crippen molar-refractivity contribution < 1.29 is 9.84 Å². The number of hydrogen-bond acceptors (Lipinski definition) is 2. The minimum Gasteiger partial charge on any atom is -0.495 e. The lowest BCUT2D eigenvalue weighted by atomic mass is 9.80. The maximum Gasteiger partial charge on any atom is 0.138 e. The molecule has 2 rings (SSSR count). The summed E-state index contributed by atoms with van der Waals surface area (Å²) in [7, 11) is 1.60. The predicted octanol–water partition coefficient (Wildman–Crippen LogP) is 4.33. The number of ether oxygens (including phenoxy) is 1. The van der Waals surface area contributed by atoms with E-state index in [1.807, 2.05) is 0 Å². The molecule has 0 amide bonds. The molecule has 1 N–H and O–H groups in total. The van der Waals surface area contributed by atoms with Crippen molar-refractivity contribution in [2.45, 2.75) is 31.8 Å². The van der Waals surface area contributed by atoms with E-state index >= 15 is 0 Å². The Bertz CT molecular complexity index is 405. The van der Waals surface area contributed by atoms with Gasteiger partial charge in [-0.15, -0.1) is 0 Å². The van der Waals surface area contributed by atoms with Crippen LogP contribution in [0.2, 0.25) is 5.02 Å². The van der Waals surface area contributed by atoms with Crippen molar-refractivity contribution in [2.75, 3.05) is 7.11 Å². The van der Waals surface area contributed by atoms with Crippen LogP contribution in [0, 0.1) is 5.92 Å². The summed E-state index contributed by atoms with van der Waals surface area (Å²) in [5.41, 5.74) is 0.777. The number of methoxy groups -OCH3 is 1. The maximum atomic E-state index is 10.3. The molecule has 0 bridgehead atoms. The molecular weight excluding hydrogens is 303 g/mol. The Labute approximate surface area is 115 Å². The molecule has 0 saturated heterocycles. The van der Waals surface area contributed by atoms with Crippen molar-refractivity contribution >= 4 is 27.5 Å². The van der Waals surface area contributed by atoms with Gasteiger partial charge in [-0.25, -0.2) is 0 Å². The molecule has 0 spiro atoms. The molecule has 94 valence electrons. The van der Waals surface area contributed by atoms with Gasteiger partial charge in [-0.3, -0.25) is 0 Å². The Kier molecular flexibility index (Phi) is 4.34. The number of hydrogen-bond donors (Lipinski definition) is 1. The standard InChI is InChI=1S/C13H16BrClO2/c1-17-13-10(6-9(15)7-11(13)14)12(16)5-8-3-2-4-8/h6-8,12,16H,2-5H2,1H3. The fraction of sp³-hybridized carbons (Fsp3) is 0.538. The monoisotopic (exact) mass is 318 g/mol. The molecule has 1 atom stereocenters. The Morgan fingerprint density at radius 1 is 1.53 bits per heavy atom. The van der Waals surface area contributed by atoms with Crippen molar-refractivity contribution in [1.29, 1.82) is 0 Å². The molecule has 1 saturated carbocycles. The van der Waals surface area contributed by atoms with E-state index in [0.717, 1.165) is 16.5 Å². The van der Waals surface area contributed by atoms with Crippen molar-refractivity contribution in [1.82, 2.24) is 0 Å². The molecular formula is C13H16BrClO2. The first-order chi connectivity index (χ1) is 8.11. The number of aliphatic hydroxyl groups is 1. The average Bonchev–Trinajstić information content (AvgIpc) is 2.22. The van der Waals surface area contributed by atoms with Gasteiger partial charge in [0.1, 0.15) is 5.75 Å². The van der Waals surface area contributed by atoms with Crippen LogP contribution in [0.25, 0.3) is 0 Å². The van der Waals surface area contributed by atoms with Crippen LogP contribution >= 0.6 is 27.5 Å². The highest BCUT2D eigenvalue weighted by Gasteiger charge is 2.24. The van der Waals surface area contributed by atoms with Crippen molar-refractivity contribution in [3.63, 3.8) is 0 Å². The summed E-state index contributed by atoms with van der Waals surface area (Å²) in [6.45, 7) is 0. The first-order valence-electron chi connectivity index (χ1n) is 5.82. The predicted molar refractivity (Wildman–Crippen MR) is 72.6 cm³/mol. The lowest BCUT2D eigenvalue weighted by Crippen LogP contribution is -2.15. The highest BCUT2D eigenvalue weighted by Crippen LogP contribution is 2.40. The summed E-state index contributed by atoms with van der Waals surface area (Å²) >= 11 is 9.41. The molecule has 1 aliphatic rings. The van der Waals surface area contributed by atoms with Gasteiger partial charge in [0.25, 0.3) is 0 Å². The summed E-state index contributed by atoms with van der Waals surface area (Å²) in [5, 5.41) is 10.9. The van der Waals surface area contributed by atoms with E-state index < -0.39 is 6.10 Å². The van der Waals surface area contributed by atoms with Crippen molar-refractivity contribution in [2.24, 2.45) is 5.92 Å². The van der Waals surface area contributed by atoms with Crippen LogP contribution in [0.5, 0.6) is 5.75 Å². The third-order valence-corrected chi connectivity index (χ3v) is 4.19. The molecule has 2 nitrogen and oxygen atoms in total. The molecule has 0 radical (unpaired) electrons. The molecule has 0 aromatic heterocycles. The van der Waals surface area contributed by atoms with Gasteiger partial charge >= 0.3 is 0 Å². The molecule has 1 aliphatic carbocycles. The first kappa shape index (κ1) is 13.2. The second-order valence-corrected chi connectivity index (χ2v) is 5.85. The van der Waals surface area contributed by atoms with E-state index in [1.54, 1.807) is 19.2 Å². The lowest BCUT2D eigenvalue weighted by Gasteiger charge is -2.28. The van der Waals surface area contributed by atoms with Gasteiger partial charge in [0.2, 0.25) is 0 Å². The highest BCUT2D eigenvalue weighted by molar-refractivity contribution is 9.10. The van der Waals surface area contributed by atoms with Crippen LogP contribution in [0.3, 0.4) is 0 Å². The van der Waals surface area contributed by atoms with E-state index in [9.17, 15) is 5.11 Å². The Morgan fingerprint density at radius 3 is 2.76 bits per heavy atom. The zero-order valence-corrected chi connectivity index (χ0v) is 12.1. The molecule has 1 unspecified atom stereocenters. The summed E-state index contributed by atoms with van der Waals surface area (Å²) in [5.74, 6) is 1.33. The number of rotatable bonds is 4. The topological polar surface area (TPSA) is 29.5 Å². The van der Waals surface area contributed by atoms with Gasteiger partial charge in [-0.05, 0) is 40.4 Å². The van der Waals surface area contributed by atoms with Crippen LogP contribution in [0.4, 0.5) is 0 Å². The Balaban J connectivity index is 2.22. The van der Waals surface area contributed by atoms with Gasteiger partial charge in [0.15, 0.2) is 0 Å². The first-order valence-corrected chi connectivity index (χ1v) is 7.00. The number of aliphatic hydroxyl groups excluding tert-OH is 1. The minimum absolute atomic E-state index is 0.495. The van der Waals surface area contributed by atoms with Crippen molar-refractivity contribution in [3.05, 3.63) is 27.2 Å². The van der Waals surface area contributed by atoms with E-state index in [-0.39, 0.29) is 0 Å². The smallest absolute Gasteiger partial charge is 0.138 e. The second kappa shape index (κ2) is 5.59. The third kappa shape index (κ3) is 2.95. The van der Waals surface area contributed by atoms with E-state index in [0.29, 0.717) is 16.7 Å². The van der Waals surface area contributed by atoms with Gasteiger partial charge in [0, 0.05) is 10.6 Å². The highest BCUT2D eigenvalue weighted by atomic mass is 79.9. The van der Waals surface area contributed by atoms with E-state index in [2.05, 4.69) is 15.9 Å². The van der Waals surface area contributed by atoms with Crippen LogP contribution in [0.15, 0.2) is 16.6 Å². The molecule has 4 heteroatoms. The summed E-state index contributed by atoms with van der Waals surface area (Å²) in [4.78, 5) is 0. The third-order valence-electron chi connectivity index (χ3n) is 3.38. The average molecular weight is 320 g/mol. The molecule has 17 heavy (non-hydrogen) atoms. The quantitative estimate of drug-likeness (QED) is 0.895. The maximum absolute atomic E-state index is 10.3. The second-order valence-electron chi connectivity index (χ2n) is 4.56. The van der Waals surface area contributed by atoms with Crippen LogP contribution in [-0.4, -0.2) is 12.2 Å². The largest absolute Gasteiger partial charge is 0.495 e. The molecule has 1 fully saturated rings. The SMILES string of the molecule is COc1c(Br)cc(Cl)cc1C(O)CC1CCC1. The minimum atomic E-state index is -0.495. The fourth-order valence-electron chi connectivity index (χ4n) is 2.21. The van der Waals surface area contributed by atoms with Gasteiger partial charge in [0.05, 0.1) is 17.7 Å². The van der Waals surface area contributed by atoms with Crippen molar-refractivity contribution in [3.8, 4) is 5.75 Å². The van der Waals surface area contributed by atoms with Gasteiger partial charge in [-0.2, -0.15) is 0 Å². The molecule has 0 aliphatic heterocycles. The fourth-order valence-corrected chi connectivity index (χ4v) is 3.21. The Morgan fingerprint density at radius 2 is 2.24 bits per heavy atom. The number of benzene rings is 1. The zero-order valence-electron chi connectivity index (χ0n) is 9.75. The summed E-state index contributed by atoms with van der Waals surface area (Å²) in [6.07, 6.45) is 4.03. The lowest BCUT2D eigenvalue weighted by molar-refractivity contribution is 0.116. The van der Waals surface area contributed by atoms with Gasteiger partial charge < -0.3 is 9.84 Å². The van der Waals surface area contributed by atoms with Crippen LogP contribution in [-0.2, 0) is 0 Å². The summed E-state index contributed by atoms with van der Waals surface area (Å²) in [6, 6.07) is 3.56. The number of halogens is 2. The van der Waals surface area contributed by atoms with Crippen LogP contribution < -0.4 is 4.74 Å². The summed E-state index contributed by atoms with van der Waals surface area (Å²) < 4.78 is 6.11. The molecule has 0 heterocycles. The van der Waals surface area contributed by atoms with E-state index in [4.69, 9.17) is 16.3 Å². The van der Waals surface area contributed by atoms with Crippen LogP contribution in [0.1, 0.15) is 37.4 Å².